The van der Waals surface area contributed by atoms with Crippen LogP contribution in [0.4, 0.5) is 11.6 Å². The molecule has 2 heterocycles. The molecule has 0 aliphatic carbocycles. The molecular weight excluding hydrogens is 386 g/mol. The van der Waals surface area contributed by atoms with E-state index in [2.05, 4.69) is 20.4 Å². The minimum Gasteiger partial charge on any atom is -0.462 e. The molecule has 156 valence electrons. The number of aromatic nitrogens is 4. The fourth-order valence-corrected chi connectivity index (χ4v) is 2.81. The quantitative estimate of drug-likeness (QED) is 0.592. The summed E-state index contributed by atoms with van der Waals surface area (Å²) in [5.41, 5.74) is 2.22. The van der Waals surface area contributed by atoms with Crippen molar-refractivity contribution < 1.29 is 19.1 Å². The van der Waals surface area contributed by atoms with Gasteiger partial charge in [-0.2, -0.15) is 5.10 Å². The molecule has 0 radical (unpaired) electrons. The van der Waals surface area contributed by atoms with E-state index < -0.39 is 11.9 Å². The van der Waals surface area contributed by atoms with Gasteiger partial charge in [-0.1, -0.05) is 23.8 Å². The summed E-state index contributed by atoms with van der Waals surface area (Å²) in [5, 5.41) is 7.15. The Balaban J connectivity index is 2.07. The van der Waals surface area contributed by atoms with Crippen LogP contribution in [0.1, 0.15) is 40.1 Å². The van der Waals surface area contributed by atoms with Crippen LogP contribution in [0.3, 0.4) is 0 Å². The first-order valence-electron chi connectivity index (χ1n) is 9.51. The SMILES string of the molecule is CCOC(=O)c1cnc(-c2cccc(C)c2)nc1Nc1c(C(=O)OCC)cnn1C. The Kier molecular flexibility index (Phi) is 6.41. The Bertz CT molecular complexity index is 1080. The molecular formula is C21H23N5O4. The third-order valence-corrected chi connectivity index (χ3v) is 4.23. The van der Waals surface area contributed by atoms with Crippen LogP contribution in [0.15, 0.2) is 36.7 Å². The third kappa shape index (κ3) is 4.45. The molecule has 0 aliphatic heterocycles. The van der Waals surface area contributed by atoms with Gasteiger partial charge in [0.05, 0.1) is 19.4 Å². The maximum absolute atomic E-state index is 12.4. The summed E-state index contributed by atoms with van der Waals surface area (Å²) in [6.07, 6.45) is 2.80. The fourth-order valence-electron chi connectivity index (χ4n) is 2.81. The van der Waals surface area contributed by atoms with Crippen LogP contribution in [0.25, 0.3) is 11.4 Å². The highest BCUT2D eigenvalue weighted by Gasteiger charge is 2.22. The van der Waals surface area contributed by atoms with E-state index in [0.717, 1.165) is 11.1 Å². The van der Waals surface area contributed by atoms with E-state index in [-0.39, 0.29) is 30.2 Å². The van der Waals surface area contributed by atoms with Gasteiger partial charge >= 0.3 is 11.9 Å². The predicted octanol–water partition coefficient (Wildman–Crippen LogP) is 3.28. The molecule has 9 nitrogen and oxygen atoms in total. The summed E-state index contributed by atoms with van der Waals surface area (Å²) in [4.78, 5) is 33.6. The van der Waals surface area contributed by atoms with E-state index in [1.54, 1.807) is 20.9 Å². The zero-order valence-electron chi connectivity index (χ0n) is 17.3. The standard InChI is InChI=1S/C21H23N5O4/c1-5-29-20(27)15-11-22-17(14-9-7-8-13(3)10-14)24-18(15)25-19-16(12-23-26(19)4)21(28)30-6-2/h7-12H,5-6H2,1-4H3,(H,22,24,25). The monoisotopic (exact) mass is 409 g/mol. The molecule has 3 aromatic rings. The number of nitrogens with zero attached hydrogens (tertiary/aromatic N) is 4. The van der Waals surface area contributed by atoms with Gasteiger partial charge in [-0.15, -0.1) is 0 Å². The van der Waals surface area contributed by atoms with Gasteiger partial charge in [0.1, 0.15) is 22.8 Å². The number of carbonyl (C=O) groups is 2. The van der Waals surface area contributed by atoms with Crippen LogP contribution in [0.5, 0.6) is 0 Å². The molecule has 0 unspecified atom stereocenters. The number of ether oxygens (including phenoxy) is 2. The van der Waals surface area contributed by atoms with E-state index >= 15 is 0 Å². The highest BCUT2D eigenvalue weighted by atomic mass is 16.5. The van der Waals surface area contributed by atoms with Crippen LogP contribution in [-0.2, 0) is 16.5 Å². The highest BCUT2D eigenvalue weighted by Crippen LogP contribution is 2.26. The van der Waals surface area contributed by atoms with Gasteiger partial charge in [-0.05, 0) is 26.8 Å². The molecule has 9 heteroatoms. The maximum Gasteiger partial charge on any atom is 0.343 e. The summed E-state index contributed by atoms with van der Waals surface area (Å²) in [5.74, 6) is -0.134. The molecule has 0 saturated heterocycles. The first-order chi connectivity index (χ1) is 14.4. The number of hydrogen-bond acceptors (Lipinski definition) is 8. The Labute approximate surface area is 174 Å². The first kappa shape index (κ1) is 21.0. The van der Waals surface area contributed by atoms with Crippen LogP contribution in [-0.4, -0.2) is 44.9 Å². The minimum absolute atomic E-state index is 0.143. The van der Waals surface area contributed by atoms with Crippen molar-refractivity contribution >= 4 is 23.6 Å². The van der Waals surface area contributed by atoms with E-state index in [1.807, 2.05) is 31.2 Å². The number of anilines is 2. The van der Waals surface area contributed by atoms with Crippen molar-refractivity contribution in [2.45, 2.75) is 20.8 Å². The van der Waals surface area contributed by atoms with Gasteiger partial charge in [0.25, 0.3) is 0 Å². The summed E-state index contributed by atoms with van der Waals surface area (Å²) in [7, 11) is 1.66. The molecule has 0 aliphatic rings. The molecule has 1 N–H and O–H groups in total. The summed E-state index contributed by atoms with van der Waals surface area (Å²) in [6, 6.07) is 7.69. The zero-order valence-corrected chi connectivity index (χ0v) is 17.3. The lowest BCUT2D eigenvalue weighted by atomic mass is 10.1. The molecule has 0 atom stereocenters. The van der Waals surface area contributed by atoms with Gasteiger partial charge in [0, 0.05) is 18.8 Å². The van der Waals surface area contributed by atoms with Gasteiger partial charge in [0.2, 0.25) is 0 Å². The van der Waals surface area contributed by atoms with Gasteiger partial charge < -0.3 is 14.8 Å². The lowest BCUT2D eigenvalue weighted by molar-refractivity contribution is 0.0518. The molecule has 3 rings (SSSR count). The van der Waals surface area contributed by atoms with Crippen molar-refractivity contribution in [1.29, 1.82) is 0 Å². The average molecular weight is 409 g/mol. The number of benzene rings is 1. The predicted molar refractivity (Wildman–Crippen MR) is 111 cm³/mol. The Morgan fingerprint density at radius 1 is 1.07 bits per heavy atom. The Morgan fingerprint density at radius 2 is 1.77 bits per heavy atom. The van der Waals surface area contributed by atoms with Crippen molar-refractivity contribution in [3.8, 4) is 11.4 Å². The molecule has 30 heavy (non-hydrogen) atoms. The average Bonchev–Trinajstić information content (AvgIpc) is 3.08. The summed E-state index contributed by atoms with van der Waals surface area (Å²) in [6.45, 7) is 5.84. The molecule has 0 amide bonds. The number of hydrogen-bond donors (Lipinski definition) is 1. The molecule has 2 aromatic heterocycles. The third-order valence-electron chi connectivity index (χ3n) is 4.23. The second kappa shape index (κ2) is 9.17. The van der Waals surface area contributed by atoms with Gasteiger partial charge in [0.15, 0.2) is 5.82 Å². The van der Waals surface area contributed by atoms with Crippen molar-refractivity contribution in [3.05, 3.63) is 53.3 Å². The summed E-state index contributed by atoms with van der Waals surface area (Å²) >= 11 is 0. The van der Waals surface area contributed by atoms with Crippen molar-refractivity contribution in [3.63, 3.8) is 0 Å². The molecule has 0 fully saturated rings. The zero-order chi connectivity index (χ0) is 21.7. The smallest absolute Gasteiger partial charge is 0.343 e. The van der Waals surface area contributed by atoms with Crippen molar-refractivity contribution in [1.82, 2.24) is 19.7 Å². The van der Waals surface area contributed by atoms with E-state index in [0.29, 0.717) is 11.6 Å². The molecule has 0 saturated carbocycles. The van der Waals surface area contributed by atoms with Crippen LogP contribution >= 0.6 is 0 Å². The van der Waals surface area contributed by atoms with Gasteiger partial charge in [-0.3, -0.25) is 4.68 Å². The molecule has 0 spiro atoms. The van der Waals surface area contributed by atoms with E-state index in [9.17, 15) is 9.59 Å². The highest BCUT2D eigenvalue weighted by molar-refractivity contribution is 5.98. The Hall–Kier alpha value is -3.75. The number of nitrogens with one attached hydrogen (secondary N) is 1. The van der Waals surface area contributed by atoms with Crippen LogP contribution in [0.2, 0.25) is 0 Å². The van der Waals surface area contributed by atoms with Crippen LogP contribution < -0.4 is 5.32 Å². The number of carbonyl (C=O) groups excluding carboxylic acids is 2. The second-order valence-corrected chi connectivity index (χ2v) is 6.42. The largest absolute Gasteiger partial charge is 0.462 e. The fraction of sp³-hybridized carbons (Fsp3) is 0.286. The maximum atomic E-state index is 12.4. The molecule has 1 aromatic carbocycles. The second-order valence-electron chi connectivity index (χ2n) is 6.42. The molecule has 0 bridgehead atoms. The minimum atomic E-state index is -0.573. The number of esters is 2. The summed E-state index contributed by atoms with van der Waals surface area (Å²) < 4.78 is 11.7. The van der Waals surface area contributed by atoms with Crippen molar-refractivity contribution in [2.75, 3.05) is 18.5 Å². The lowest BCUT2D eigenvalue weighted by Gasteiger charge is -2.13. The van der Waals surface area contributed by atoms with Gasteiger partial charge in [-0.25, -0.2) is 19.6 Å². The topological polar surface area (TPSA) is 108 Å². The normalized spacial score (nSPS) is 10.5. The van der Waals surface area contributed by atoms with Crippen molar-refractivity contribution in [2.24, 2.45) is 7.05 Å². The van der Waals surface area contributed by atoms with E-state index in [4.69, 9.17) is 9.47 Å². The first-order valence-corrected chi connectivity index (χ1v) is 9.51. The number of rotatable bonds is 7. The Morgan fingerprint density at radius 3 is 2.43 bits per heavy atom. The number of aryl methyl sites for hydroxylation is 2. The lowest BCUT2D eigenvalue weighted by Crippen LogP contribution is -2.14. The van der Waals surface area contributed by atoms with E-state index in [1.165, 1.54) is 17.1 Å². The van der Waals surface area contributed by atoms with Crippen LogP contribution in [0, 0.1) is 6.92 Å².